The average Bonchev–Trinajstić information content (AvgIpc) is 2.16. The molecule has 0 radical (unpaired) electrons. The van der Waals surface area contributed by atoms with E-state index in [1.165, 1.54) is 44.9 Å². The molecule has 3 nitrogen and oxygen atoms in total. The van der Waals surface area contributed by atoms with E-state index in [0.717, 1.165) is 6.42 Å². The summed E-state index contributed by atoms with van der Waals surface area (Å²) in [4.78, 5) is 2.87. The largest absolute Gasteiger partial charge is 0.0878 e. The van der Waals surface area contributed by atoms with Crippen molar-refractivity contribution >= 4 is 0 Å². The summed E-state index contributed by atoms with van der Waals surface area (Å²) in [5.41, 5.74) is 8.16. The second-order valence-electron chi connectivity index (χ2n) is 4.87. The first-order valence-corrected chi connectivity index (χ1v) is 6.18. The van der Waals surface area contributed by atoms with Crippen molar-refractivity contribution in [3.8, 4) is 0 Å². The van der Waals surface area contributed by atoms with Gasteiger partial charge in [0.1, 0.15) is 0 Å². The van der Waals surface area contributed by atoms with Crippen LogP contribution in [0, 0.1) is 0 Å². The maximum atomic E-state index is 8.36. The molecule has 0 unspecified atom stereocenters. The smallest absolute Gasteiger partial charge is 0.0432 e. The van der Waals surface area contributed by atoms with Gasteiger partial charge in [-0.3, -0.25) is 0 Å². The Bertz CT molecular complexity index is 193. The fourth-order valence-electron chi connectivity index (χ4n) is 1.69. The van der Waals surface area contributed by atoms with Gasteiger partial charge in [0.25, 0.3) is 0 Å². The molecule has 0 fully saturated rings. The maximum absolute atomic E-state index is 8.36. The van der Waals surface area contributed by atoms with Gasteiger partial charge in [-0.1, -0.05) is 70.8 Å². The Morgan fingerprint density at radius 3 is 2.07 bits per heavy atom. The van der Waals surface area contributed by atoms with Crippen molar-refractivity contribution in [2.45, 2.75) is 77.7 Å². The zero-order valence-electron chi connectivity index (χ0n) is 10.5. The van der Waals surface area contributed by atoms with Gasteiger partial charge in [0.2, 0.25) is 0 Å². The Kier molecular flexibility index (Phi) is 8.21. The molecule has 0 heterocycles. The minimum Gasteiger partial charge on any atom is -0.0878 e. The second-order valence-corrected chi connectivity index (χ2v) is 4.87. The predicted octanol–water partition coefficient (Wildman–Crippen LogP) is 5.22. The summed E-state index contributed by atoms with van der Waals surface area (Å²) in [6.45, 7) is 6.25. The van der Waals surface area contributed by atoms with Crippen LogP contribution < -0.4 is 0 Å². The first kappa shape index (κ1) is 14.3. The topological polar surface area (TPSA) is 48.8 Å². The highest BCUT2D eigenvalue weighted by Gasteiger charge is 2.13. The summed E-state index contributed by atoms with van der Waals surface area (Å²) >= 11 is 0. The molecule has 0 atom stereocenters. The molecule has 0 rings (SSSR count). The molecule has 0 aromatic carbocycles. The predicted molar refractivity (Wildman–Crippen MR) is 65.8 cm³/mol. The number of hydrogen-bond acceptors (Lipinski definition) is 1. The summed E-state index contributed by atoms with van der Waals surface area (Å²) < 4.78 is 0. The molecule has 0 spiro atoms. The summed E-state index contributed by atoms with van der Waals surface area (Å²) in [7, 11) is 0. The Morgan fingerprint density at radius 1 is 1.00 bits per heavy atom. The molecule has 15 heavy (non-hydrogen) atoms. The number of nitrogens with zero attached hydrogens (tertiary/aromatic N) is 3. The fourth-order valence-corrected chi connectivity index (χ4v) is 1.69. The Labute approximate surface area is 93.9 Å². The molecule has 88 valence electrons. The standard InChI is InChI=1S/C12H25N3/c1-4-5-6-7-8-9-10-11-12(2,3)14-15-13/h4-11H2,1-3H3. The van der Waals surface area contributed by atoms with Gasteiger partial charge in [-0.05, 0) is 12.0 Å². The molecule has 0 aliphatic rings. The Hall–Kier alpha value is -0.690. The third kappa shape index (κ3) is 9.61. The molecule has 0 N–H and O–H groups in total. The minimum atomic E-state index is -0.196. The van der Waals surface area contributed by atoms with Gasteiger partial charge < -0.3 is 0 Å². The molecule has 0 bridgehead atoms. The first-order valence-electron chi connectivity index (χ1n) is 6.18. The van der Waals surface area contributed by atoms with Gasteiger partial charge in [0.15, 0.2) is 0 Å². The van der Waals surface area contributed by atoms with Crippen molar-refractivity contribution in [2.75, 3.05) is 0 Å². The second kappa shape index (κ2) is 8.60. The van der Waals surface area contributed by atoms with Crippen molar-refractivity contribution < 1.29 is 0 Å². The van der Waals surface area contributed by atoms with Crippen LogP contribution in [0.4, 0.5) is 0 Å². The average molecular weight is 211 g/mol. The SMILES string of the molecule is CCCCCCCCCC(C)(C)N=[N+]=[N-]. The quantitative estimate of drug-likeness (QED) is 0.217. The van der Waals surface area contributed by atoms with Crippen LogP contribution >= 0.6 is 0 Å². The molecular weight excluding hydrogens is 186 g/mol. The van der Waals surface area contributed by atoms with Crippen LogP contribution in [0.5, 0.6) is 0 Å². The monoisotopic (exact) mass is 211 g/mol. The summed E-state index contributed by atoms with van der Waals surface area (Å²) in [6.07, 6.45) is 10.2. The van der Waals surface area contributed by atoms with Crippen LogP contribution in [-0.2, 0) is 0 Å². The lowest BCUT2D eigenvalue weighted by molar-refractivity contribution is 0.439. The van der Waals surface area contributed by atoms with Crippen molar-refractivity contribution in [1.29, 1.82) is 0 Å². The van der Waals surface area contributed by atoms with E-state index in [2.05, 4.69) is 16.9 Å². The van der Waals surface area contributed by atoms with Crippen molar-refractivity contribution in [3.63, 3.8) is 0 Å². The zero-order valence-corrected chi connectivity index (χ0v) is 10.5. The normalized spacial score (nSPS) is 11.1. The van der Waals surface area contributed by atoms with Crippen LogP contribution in [-0.4, -0.2) is 5.54 Å². The van der Waals surface area contributed by atoms with E-state index in [0.29, 0.717) is 0 Å². The van der Waals surface area contributed by atoms with Crippen molar-refractivity contribution in [1.82, 2.24) is 0 Å². The molecule has 0 aliphatic heterocycles. The number of rotatable bonds is 9. The van der Waals surface area contributed by atoms with Gasteiger partial charge >= 0.3 is 0 Å². The lowest BCUT2D eigenvalue weighted by Gasteiger charge is -2.16. The van der Waals surface area contributed by atoms with Crippen molar-refractivity contribution in [2.24, 2.45) is 5.11 Å². The van der Waals surface area contributed by atoms with Gasteiger partial charge in [-0.2, -0.15) is 0 Å². The van der Waals surface area contributed by atoms with E-state index in [1.807, 2.05) is 13.8 Å². The molecule has 0 saturated carbocycles. The van der Waals surface area contributed by atoms with Crippen LogP contribution in [0.25, 0.3) is 10.4 Å². The summed E-state index contributed by atoms with van der Waals surface area (Å²) in [5.74, 6) is 0. The zero-order chi connectivity index (χ0) is 11.6. The molecule has 0 aromatic heterocycles. The Balaban J connectivity index is 3.34. The first-order chi connectivity index (χ1) is 7.12. The van der Waals surface area contributed by atoms with Crippen LogP contribution in [0.3, 0.4) is 0 Å². The van der Waals surface area contributed by atoms with Gasteiger partial charge in [-0.15, -0.1) is 0 Å². The van der Waals surface area contributed by atoms with Gasteiger partial charge in [0.05, 0.1) is 0 Å². The summed E-state index contributed by atoms with van der Waals surface area (Å²) in [6, 6.07) is 0. The highest BCUT2D eigenvalue weighted by atomic mass is 15.2. The number of hydrogen-bond donors (Lipinski definition) is 0. The van der Waals surface area contributed by atoms with E-state index in [-0.39, 0.29) is 5.54 Å². The van der Waals surface area contributed by atoms with Crippen LogP contribution in [0.15, 0.2) is 5.11 Å². The van der Waals surface area contributed by atoms with Crippen LogP contribution in [0.1, 0.15) is 72.1 Å². The third-order valence-electron chi connectivity index (χ3n) is 2.71. The minimum absolute atomic E-state index is 0.196. The van der Waals surface area contributed by atoms with Crippen molar-refractivity contribution in [3.05, 3.63) is 10.4 Å². The van der Waals surface area contributed by atoms with Gasteiger partial charge in [-0.25, -0.2) is 0 Å². The lowest BCUT2D eigenvalue weighted by atomic mass is 9.97. The van der Waals surface area contributed by atoms with E-state index in [9.17, 15) is 0 Å². The fraction of sp³-hybridized carbons (Fsp3) is 1.00. The van der Waals surface area contributed by atoms with Gasteiger partial charge in [0, 0.05) is 10.5 Å². The molecule has 3 heteroatoms. The van der Waals surface area contributed by atoms with E-state index in [1.54, 1.807) is 0 Å². The van der Waals surface area contributed by atoms with E-state index in [4.69, 9.17) is 5.53 Å². The molecular formula is C12H25N3. The molecule has 0 aromatic rings. The highest BCUT2D eigenvalue weighted by molar-refractivity contribution is 4.77. The summed E-state index contributed by atoms with van der Waals surface area (Å²) in [5, 5.41) is 3.78. The van der Waals surface area contributed by atoms with E-state index >= 15 is 0 Å². The maximum Gasteiger partial charge on any atom is 0.0432 e. The Morgan fingerprint density at radius 2 is 1.53 bits per heavy atom. The number of azide groups is 1. The number of unbranched alkanes of at least 4 members (excludes halogenated alkanes) is 6. The lowest BCUT2D eigenvalue weighted by Crippen LogP contribution is -2.14. The molecule has 0 amide bonds. The van der Waals surface area contributed by atoms with E-state index < -0.39 is 0 Å². The van der Waals surface area contributed by atoms with Crippen LogP contribution in [0.2, 0.25) is 0 Å². The molecule has 0 saturated heterocycles. The highest BCUT2D eigenvalue weighted by Crippen LogP contribution is 2.19. The third-order valence-corrected chi connectivity index (χ3v) is 2.71. The molecule has 0 aliphatic carbocycles.